The predicted octanol–water partition coefficient (Wildman–Crippen LogP) is 1.94. The second-order valence-electron chi connectivity index (χ2n) is 3.95. The largest absolute Gasteiger partial charge is 0.393 e. The lowest BCUT2D eigenvalue weighted by molar-refractivity contribution is -0.187. The molecule has 1 rings (SSSR count). The molecule has 0 aliphatic carbocycles. The third kappa shape index (κ3) is 3.31. The summed E-state index contributed by atoms with van der Waals surface area (Å²) in [4.78, 5) is 1.97. The molecule has 0 amide bonds. The van der Waals surface area contributed by atoms with Crippen molar-refractivity contribution in [3.05, 3.63) is 0 Å². The van der Waals surface area contributed by atoms with Gasteiger partial charge in [0.2, 0.25) is 0 Å². The van der Waals surface area contributed by atoms with E-state index in [1.165, 1.54) is 0 Å². The number of halogens is 3. The number of thiocarbonyl (C=S) groups is 1. The molecule has 15 heavy (non-hydrogen) atoms. The maximum atomic E-state index is 12.5. The van der Waals surface area contributed by atoms with Crippen LogP contribution in [0.1, 0.15) is 19.8 Å². The molecule has 1 fully saturated rings. The lowest BCUT2D eigenvalue weighted by Gasteiger charge is -2.36. The van der Waals surface area contributed by atoms with Gasteiger partial charge in [-0.3, -0.25) is 4.90 Å². The van der Waals surface area contributed by atoms with E-state index in [2.05, 4.69) is 0 Å². The number of piperidine rings is 1. The standard InChI is InChI=1S/C9H15F3N2S/c1-6(8(13)15)14-4-2-3-7(5-14)9(10,11)12/h6-7H,2-5H2,1H3,(H2,13,15). The molecule has 0 bridgehead atoms. The highest BCUT2D eigenvalue weighted by Crippen LogP contribution is 2.33. The van der Waals surface area contributed by atoms with Crippen LogP contribution in [0.5, 0.6) is 0 Å². The van der Waals surface area contributed by atoms with E-state index in [4.69, 9.17) is 18.0 Å². The van der Waals surface area contributed by atoms with Gasteiger partial charge in [0.25, 0.3) is 0 Å². The molecule has 1 saturated heterocycles. The average molecular weight is 240 g/mol. The van der Waals surface area contributed by atoms with Crippen molar-refractivity contribution >= 4 is 17.2 Å². The van der Waals surface area contributed by atoms with Crippen LogP contribution in [0.3, 0.4) is 0 Å². The van der Waals surface area contributed by atoms with Crippen LogP contribution in [0.4, 0.5) is 13.2 Å². The molecule has 0 aromatic carbocycles. The summed E-state index contributed by atoms with van der Waals surface area (Å²) in [5.41, 5.74) is 5.43. The van der Waals surface area contributed by atoms with Gasteiger partial charge < -0.3 is 5.73 Å². The molecule has 6 heteroatoms. The SMILES string of the molecule is CC(C(N)=S)N1CCCC(C(F)(F)F)C1. The summed E-state index contributed by atoms with van der Waals surface area (Å²) < 4.78 is 37.5. The first kappa shape index (κ1) is 12.7. The molecule has 2 atom stereocenters. The van der Waals surface area contributed by atoms with E-state index in [1.807, 2.05) is 0 Å². The van der Waals surface area contributed by atoms with E-state index in [0.717, 1.165) is 0 Å². The van der Waals surface area contributed by atoms with Crippen molar-refractivity contribution in [2.24, 2.45) is 11.7 Å². The summed E-state index contributed by atoms with van der Waals surface area (Å²) in [6.45, 7) is 2.41. The fourth-order valence-corrected chi connectivity index (χ4v) is 1.95. The first-order chi connectivity index (χ1) is 6.82. The Balaban J connectivity index is 2.60. The number of alkyl halides is 3. The fourth-order valence-electron chi connectivity index (χ4n) is 1.81. The predicted molar refractivity (Wildman–Crippen MR) is 56.6 cm³/mol. The summed E-state index contributed by atoms with van der Waals surface area (Å²) in [6.07, 6.45) is -3.34. The van der Waals surface area contributed by atoms with E-state index in [-0.39, 0.29) is 24.0 Å². The van der Waals surface area contributed by atoms with Gasteiger partial charge in [0, 0.05) is 6.54 Å². The van der Waals surface area contributed by atoms with E-state index in [0.29, 0.717) is 13.0 Å². The molecule has 2 N–H and O–H groups in total. The van der Waals surface area contributed by atoms with Crippen LogP contribution in [0.2, 0.25) is 0 Å². The first-order valence-corrected chi connectivity index (χ1v) is 5.33. The lowest BCUT2D eigenvalue weighted by Crippen LogP contribution is -2.49. The highest BCUT2D eigenvalue weighted by Gasteiger charge is 2.42. The molecule has 0 aromatic heterocycles. The Hall–Kier alpha value is -0.360. The number of likely N-dealkylation sites (tertiary alicyclic amines) is 1. The molecule has 2 nitrogen and oxygen atoms in total. The van der Waals surface area contributed by atoms with Gasteiger partial charge in [-0.2, -0.15) is 13.2 Å². The quantitative estimate of drug-likeness (QED) is 0.748. The van der Waals surface area contributed by atoms with Crippen molar-refractivity contribution in [3.8, 4) is 0 Å². The smallest absolute Gasteiger partial charge is 0.392 e. The maximum absolute atomic E-state index is 12.5. The van der Waals surface area contributed by atoms with Gasteiger partial charge in [-0.05, 0) is 26.3 Å². The van der Waals surface area contributed by atoms with Crippen LogP contribution >= 0.6 is 12.2 Å². The Morgan fingerprint density at radius 2 is 2.13 bits per heavy atom. The van der Waals surface area contributed by atoms with Gasteiger partial charge in [0.05, 0.1) is 16.9 Å². The highest BCUT2D eigenvalue weighted by atomic mass is 32.1. The fraction of sp³-hybridized carbons (Fsp3) is 0.889. The summed E-state index contributed by atoms with van der Waals surface area (Å²) in [6, 6.07) is -0.245. The van der Waals surface area contributed by atoms with Crippen LogP contribution < -0.4 is 5.73 Å². The third-order valence-electron chi connectivity index (χ3n) is 2.88. The minimum absolute atomic E-state index is 0.0159. The second kappa shape index (κ2) is 4.65. The average Bonchev–Trinajstić information content (AvgIpc) is 2.15. The molecule has 0 radical (unpaired) electrons. The minimum atomic E-state index is -4.10. The Kier molecular flexibility index (Phi) is 3.94. The third-order valence-corrected chi connectivity index (χ3v) is 3.22. The zero-order valence-electron chi connectivity index (χ0n) is 8.55. The van der Waals surface area contributed by atoms with Crippen LogP contribution in [-0.4, -0.2) is 35.2 Å². The molecule has 0 spiro atoms. The van der Waals surface area contributed by atoms with E-state index < -0.39 is 12.1 Å². The molecular formula is C9H15F3N2S. The summed E-state index contributed by atoms with van der Waals surface area (Å²) in [5, 5.41) is 0. The second-order valence-corrected chi connectivity index (χ2v) is 4.43. The topological polar surface area (TPSA) is 29.3 Å². The summed E-state index contributed by atoms with van der Waals surface area (Å²) in [7, 11) is 0. The van der Waals surface area contributed by atoms with Gasteiger partial charge in [0.15, 0.2) is 0 Å². The van der Waals surface area contributed by atoms with Gasteiger partial charge in [-0.1, -0.05) is 12.2 Å². The van der Waals surface area contributed by atoms with Crippen molar-refractivity contribution in [3.63, 3.8) is 0 Å². The van der Waals surface area contributed by atoms with Gasteiger partial charge in [0.1, 0.15) is 0 Å². The van der Waals surface area contributed by atoms with E-state index in [1.54, 1.807) is 11.8 Å². The Morgan fingerprint density at radius 1 is 1.53 bits per heavy atom. The van der Waals surface area contributed by atoms with E-state index in [9.17, 15) is 13.2 Å². The number of hydrogen-bond donors (Lipinski definition) is 1. The number of hydrogen-bond acceptors (Lipinski definition) is 2. The van der Waals surface area contributed by atoms with Crippen LogP contribution in [-0.2, 0) is 0 Å². The molecule has 1 heterocycles. The van der Waals surface area contributed by atoms with Crippen molar-refractivity contribution in [2.75, 3.05) is 13.1 Å². The molecule has 2 unspecified atom stereocenters. The maximum Gasteiger partial charge on any atom is 0.393 e. The van der Waals surface area contributed by atoms with Crippen molar-refractivity contribution in [1.29, 1.82) is 0 Å². The first-order valence-electron chi connectivity index (χ1n) is 4.92. The van der Waals surface area contributed by atoms with Crippen molar-refractivity contribution < 1.29 is 13.2 Å². The molecule has 0 saturated carbocycles. The van der Waals surface area contributed by atoms with Crippen LogP contribution in [0, 0.1) is 5.92 Å². The van der Waals surface area contributed by atoms with Gasteiger partial charge in [-0.25, -0.2) is 0 Å². The number of nitrogens with two attached hydrogens (primary N) is 1. The zero-order chi connectivity index (χ0) is 11.6. The lowest BCUT2D eigenvalue weighted by atomic mass is 9.96. The Labute approximate surface area is 92.6 Å². The monoisotopic (exact) mass is 240 g/mol. The molecular weight excluding hydrogens is 225 g/mol. The molecule has 0 aromatic rings. The van der Waals surface area contributed by atoms with Crippen molar-refractivity contribution in [2.45, 2.75) is 32.0 Å². The summed E-state index contributed by atoms with van der Waals surface area (Å²) >= 11 is 4.79. The highest BCUT2D eigenvalue weighted by molar-refractivity contribution is 7.80. The molecule has 1 aliphatic rings. The van der Waals surface area contributed by atoms with Crippen LogP contribution in [0.25, 0.3) is 0 Å². The Bertz CT molecular complexity index is 242. The van der Waals surface area contributed by atoms with Crippen LogP contribution in [0.15, 0.2) is 0 Å². The van der Waals surface area contributed by atoms with Crippen molar-refractivity contribution in [1.82, 2.24) is 4.90 Å². The number of rotatable bonds is 2. The van der Waals surface area contributed by atoms with Gasteiger partial charge in [-0.15, -0.1) is 0 Å². The normalized spacial score (nSPS) is 26.3. The Morgan fingerprint density at radius 3 is 2.60 bits per heavy atom. The minimum Gasteiger partial charge on any atom is -0.392 e. The van der Waals surface area contributed by atoms with E-state index >= 15 is 0 Å². The zero-order valence-corrected chi connectivity index (χ0v) is 9.37. The van der Waals surface area contributed by atoms with Gasteiger partial charge >= 0.3 is 6.18 Å². The molecule has 1 aliphatic heterocycles. The number of nitrogens with zero attached hydrogens (tertiary/aromatic N) is 1. The molecule has 88 valence electrons. The summed E-state index contributed by atoms with van der Waals surface area (Å²) in [5.74, 6) is -1.23.